The van der Waals surface area contributed by atoms with Crippen molar-refractivity contribution in [1.82, 2.24) is 20.1 Å². The van der Waals surface area contributed by atoms with Crippen molar-refractivity contribution in [1.29, 1.82) is 0 Å². The van der Waals surface area contributed by atoms with Gasteiger partial charge in [0.1, 0.15) is 6.04 Å². The summed E-state index contributed by atoms with van der Waals surface area (Å²) in [5.74, 6) is -1.64. The molecule has 0 aliphatic carbocycles. The number of fused-ring (bicyclic) bond motifs is 1. The van der Waals surface area contributed by atoms with Gasteiger partial charge in [-0.3, -0.25) is 9.59 Å². The number of rotatable bonds is 10. The number of nitrogens with one attached hydrogen (secondary N) is 2. The molecule has 216 valence electrons. The zero-order chi connectivity index (χ0) is 30.0. The van der Waals surface area contributed by atoms with Crippen LogP contribution in [0.2, 0.25) is 0 Å². The van der Waals surface area contributed by atoms with Crippen molar-refractivity contribution in [3.63, 3.8) is 0 Å². The van der Waals surface area contributed by atoms with Crippen molar-refractivity contribution in [2.75, 3.05) is 19.8 Å². The lowest BCUT2D eigenvalue weighted by Gasteiger charge is -2.39. The van der Waals surface area contributed by atoms with Gasteiger partial charge in [0.15, 0.2) is 0 Å². The summed E-state index contributed by atoms with van der Waals surface area (Å²) >= 11 is 0. The zero-order valence-corrected chi connectivity index (χ0v) is 25.3. The van der Waals surface area contributed by atoms with Gasteiger partial charge in [-0.2, -0.15) is 0 Å². The number of nitrogen functional groups attached to an aromatic ring is 1. The first-order valence-corrected chi connectivity index (χ1v) is 13.4. The van der Waals surface area contributed by atoms with E-state index in [-0.39, 0.29) is 23.3 Å². The van der Waals surface area contributed by atoms with Gasteiger partial charge in [-0.05, 0) is 43.0 Å². The lowest BCUT2D eigenvalue weighted by molar-refractivity contribution is -0.141. The smallest absolute Gasteiger partial charge is 0.331 e. The molecule has 3 atom stereocenters. The zero-order valence-electron chi connectivity index (χ0n) is 25.3. The normalized spacial score (nSPS) is 15.2. The summed E-state index contributed by atoms with van der Waals surface area (Å²) in [6.45, 7) is 15.1. The molecule has 0 saturated heterocycles. The molecule has 0 aliphatic rings. The number of carbonyl (C=O) groups excluding carboxylic acids is 2. The summed E-state index contributed by atoms with van der Waals surface area (Å²) in [7, 11) is 5.35. The molecule has 2 amide bonds. The van der Waals surface area contributed by atoms with E-state index in [2.05, 4.69) is 10.6 Å². The monoisotopic (exact) mass is 541 g/mol. The predicted molar refractivity (Wildman–Crippen MR) is 157 cm³/mol. The highest BCUT2D eigenvalue weighted by Crippen LogP contribution is 2.35. The number of carboxylic acid groups (broad SMARTS) is 1. The van der Waals surface area contributed by atoms with Gasteiger partial charge in [-0.25, -0.2) is 4.79 Å². The number of amides is 2. The molecule has 0 aliphatic heterocycles. The number of nitrogens with two attached hydrogens (primary N) is 1. The molecule has 39 heavy (non-hydrogen) atoms. The van der Waals surface area contributed by atoms with Crippen LogP contribution in [0.4, 0.5) is 5.69 Å². The molecule has 0 fully saturated rings. The lowest BCUT2D eigenvalue weighted by Crippen LogP contribution is -2.61. The Balaban J connectivity index is 2.45. The van der Waals surface area contributed by atoms with Gasteiger partial charge in [-0.1, -0.05) is 60.6 Å². The maximum absolute atomic E-state index is 13.9. The first kappa shape index (κ1) is 31.9. The molecule has 2 rings (SSSR count). The molecular weight excluding hydrogens is 494 g/mol. The fraction of sp³-hybridized carbons (Fsp3) is 0.567. The van der Waals surface area contributed by atoms with E-state index >= 15 is 0 Å². The maximum Gasteiger partial charge on any atom is 0.331 e. The van der Waals surface area contributed by atoms with Crippen LogP contribution in [0.25, 0.3) is 10.9 Å². The van der Waals surface area contributed by atoms with E-state index in [1.165, 1.54) is 6.92 Å². The van der Waals surface area contributed by atoms with Crippen molar-refractivity contribution in [2.24, 2.45) is 18.4 Å². The fourth-order valence-corrected chi connectivity index (χ4v) is 5.19. The third-order valence-electron chi connectivity index (χ3n) is 7.62. The molecule has 9 heteroatoms. The molecule has 0 bridgehead atoms. The van der Waals surface area contributed by atoms with E-state index in [1.54, 1.807) is 25.1 Å². The Bertz CT molecular complexity index is 1250. The van der Waals surface area contributed by atoms with Crippen molar-refractivity contribution in [3.8, 4) is 0 Å². The van der Waals surface area contributed by atoms with Crippen LogP contribution in [-0.4, -0.2) is 64.6 Å². The minimum atomic E-state index is -1.03. The summed E-state index contributed by atoms with van der Waals surface area (Å²) in [6, 6.07) is 3.80. The number of anilines is 1. The quantitative estimate of drug-likeness (QED) is 0.268. The third kappa shape index (κ3) is 6.82. The molecule has 0 unspecified atom stereocenters. The van der Waals surface area contributed by atoms with Crippen molar-refractivity contribution < 1.29 is 19.5 Å². The van der Waals surface area contributed by atoms with Crippen LogP contribution in [-0.2, 0) is 26.8 Å². The Morgan fingerprint density at radius 1 is 1.10 bits per heavy atom. The summed E-state index contributed by atoms with van der Waals surface area (Å²) in [5, 5.41) is 16.6. The second-order valence-corrected chi connectivity index (χ2v) is 12.5. The first-order chi connectivity index (χ1) is 17.8. The Morgan fingerprint density at radius 3 is 2.18 bits per heavy atom. The minimum absolute atomic E-state index is 0.0334. The number of aliphatic carboxylic acids is 1. The van der Waals surface area contributed by atoms with E-state index in [0.717, 1.165) is 16.5 Å². The highest BCUT2D eigenvalue weighted by molar-refractivity contribution is 5.93. The van der Waals surface area contributed by atoms with E-state index in [4.69, 9.17) is 5.73 Å². The molecule has 0 saturated carbocycles. The second-order valence-electron chi connectivity index (χ2n) is 12.5. The predicted octanol–water partition coefficient (Wildman–Crippen LogP) is 3.67. The number of nitrogens with zero attached hydrogens (tertiary/aromatic N) is 2. The summed E-state index contributed by atoms with van der Waals surface area (Å²) in [5.41, 5.74) is 7.56. The van der Waals surface area contributed by atoms with Gasteiger partial charge in [0.2, 0.25) is 11.8 Å². The van der Waals surface area contributed by atoms with E-state index < -0.39 is 34.9 Å². The van der Waals surface area contributed by atoms with Crippen LogP contribution in [0.1, 0.15) is 61.0 Å². The largest absolute Gasteiger partial charge is 0.478 e. The van der Waals surface area contributed by atoms with E-state index in [0.29, 0.717) is 5.69 Å². The van der Waals surface area contributed by atoms with Crippen LogP contribution in [0.3, 0.4) is 0 Å². The van der Waals surface area contributed by atoms with Crippen molar-refractivity contribution >= 4 is 34.4 Å². The Kier molecular flexibility index (Phi) is 9.66. The third-order valence-corrected chi connectivity index (χ3v) is 7.62. The standard InChI is InChI=1S/C30H47N5O4/c1-17(2)22(14-18(3)28(38)39)35(11)27(37)25(29(4,5)6)33-26(36)24(32-9)30(7,8)21-16-34(10)23-15-19(31)12-13-20(21)23/h12-17,22,24-25,32H,31H2,1-11H3,(H,33,36)(H,38,39)/b18-14+/t22-,24-,25-/m1/s1. The summed E-state index contributed by atoms with van der Waals surface area (Å²) < 4.78 is 2.00. The topological polar surface area (TPSA) is 130 Å². The molecule has 0 spiro atoms. The number of aromatic nitrogens is 1. The maximum atomic E-state index is 13.9. The number of benzene rings is 1. The van der Waals surface area contributed by atoms with Crippen molar-refractivity contribution in [2.45, 2.75) is 78.9 Å². The molecule has 1 aromatic carbocycles. The average Bonchev–Trinajstić information content (AvgIpc) is 3.15. The summed E-state index contributed by atoms with van der Waals surface area (Å²) in [4.78, 5) is 40.8. The van der Waals surface area contributed by atoms with Crippen molar-refractivity contribution in [3.05, 3.63) is 41.6 Å². The van der Waals surface area contributed by atoms with Gasteiger partial charge in [0.05, 0.1) is 17.6 Å². The first-order valence-electron chi connectivity index (χ1n) is 13.4. The fourth-order valence-electron chi connectivity index (χ4n) is 5.19. The minimum Gasteiger partial charge on any atom is -0.478 e. The van der Waals surface area contributed by atoms with E-state index in [1.807, 2.05) is 84.5 Å². The number of carboxylic acids is 1. The molecule has 9 nitrogen and oxygen atoms in total. The molecule has 1 aromatic heterocycles. The Hall–Kier alpha value is -3.33. The summed E-state index contributed by atoms with van der Waals surface area (Å²) in [6.07, 6.45) is 3.62. The van der Waals surface area contributed by atoms with Crippen LogP contribution in [0.15, 0.2) is 36.0 Å². The van der Waals surface area contributed by atoms with Crippen LogP contribution in [0, 0.1) is 11.3 Å². The van der Waals surface area contributed by atoms with Gasteiger partial charge < -0.3 is 30.9 Å². The van der Waals surface area contributed by atoms with Crippen LogP contribution in [0.5, 0.6) is 0 Å². The number of hydrogen-bond acceptors (Lipinski definition) is 5. The number of carbonyl (C=O) groups is 3. The van der Waals surface area contributed by atoms with Crippen LogP contribution >= 0.6 is 0 Å². The van der Waals surface area contributed by atoms with Gasteiger partial charge in [-0.15, -0.1) is 0 Å². The van der Waals surface area contributed by atoms with Gasteiger partial charge in [0, 0.05) is 42.4 Å². The highest BCUT2D eigenvalue weighted by atomic mass is 16.4. The SMILES string of the molecule is CN[C@H](C(=O)N[C@H](C(=O)N(C)[C@H](/C=C(\C)C(=O)O)C(C)C)C(C)(C)C)C(C)(C)c1cn(C)c2cc(N)ccc12. The molecule has 5 N–H and O–H groups in total. The van der Waals surface area contributed by atoms with Gasteiger partial charge >= 0.3 is 5.97 Å². The lowest BCUT2D eigenvalue weighted by atomic mass is 9.76. The number of aryl methyl sites for hydroxylation is 1. The molecular formula is C30H47N5O4. The Labute approximate surface area is 232 Å². The molecule has 1 heterocycles. The molecule has 2 aromatic rings. The number of likely N-dealkylation sites (N-methyl/N-ethyl adjacent to an activating group) is 2. The second kappa shape index (κ2) is 11.8. The molecule has 0 radical (unpaired) electrons. The average molecular weight is 542 g/mol. The van der Waals surface area contributed by atoms with Gasteiger partial charge in [0.25, 0.3) is 0 Å². The number of hydrogen-bond donors (Lipinski definition) is 4. The van der Waals surface area contributed by atoms with E-state index in [9.17, 15) is 19.5 Å². The van der Waals surface area contributed by atoms with Crippen LogP contribution < -0.4 is 16.4 Å². The highest BCUT2D eigenvalue weighted by Gasteiger charge is 2.42. The Morgan fingerprint density at radius 2 is 1.69 bits per heavy atom.